The smallest absolute Gasteiger partial charge is 0.223 e. The summed E-state index contributed by atoms with van der Waals surface area (Å²) in [5.74, 6) is 0.407. The van der Waals surface area contributed by atoms with Gasteiger partial charge in [0.25, 0.3) is 0 Å². The Morgan fingerprint density at radius 1 is 1.15 bits per heavy atom. The van der Waals surface area contributed by atoms with Crippen LogP contribution in [0.15, 0.2) is 0 Å². The number of aliphatic hydroxyl groups excluding tert-OH is 1. The van der Waals surface area contributed by atoms with Gasteiger partial charge in [-0.2, -0.15) is 0 Å². The van der Waals surface area contributed by atoms with Crippen LogP contribution in [0.4, 0.5) is 0 Å². The number of nitrogens with one attached hydrogen (secondary N) is 1. The molecule has 74 valence electrons. The number of carbonyl (C=O) groups is 1. The third-order valence-corrected chi connectivity index (χ3v) is 3.28. The van der Waals surface area contributed by atoms with Crippen LogP contribution >= 0.6 is 0 Å². The minimum atomic E-state index is -0.302. The predicted molar refractivity (Wildman–Crippen MR) is 49.1 cm³/mol. The molecule has 3 nitrogen and oxygen atoms in total. The van der Waals surface area contributed by atoms with E-state index in [-0.39, 0.29) is 24.0 Å². The van der Waals surface area contributed by atoms with Crippen LogP contribution in [0, 0.1) is 5.92 Å². The normalized spacial score (nSPS) is 34.2. The van der Waals surface area contributed by atoms with Crippen LogP contribution in [0.3, 0.4) is 0 Å². The van der Waals surface area contributed by atoms with Crippen LogP contribution < -0.4 is 5.32 Å². The van der Waals surface area contributed by atoms with Crippen molar-refractivity contribution < 1.29 is 9.90 Å². The number of amides is 1. The molecule has 13 heavy (non-hydrogen) atoms. The van der Waals surface area contributed by atoms with Gasteiger partial charge in [-0.1, -0.05) is 6.42 Å². The van der Waals surface area contributed by atoms with Crippen LogP contribution in [0.2, 0.25) is 0 Å². The number of hydrogen-bond acceptors (Lipinski definition) is 2. The summed E-state index contributed by atoms with van der Waals surface area (Å²) in [5, 5.41) is 12.4. The monoisotopic (exact) mass is 183 g/mol. The number of hydrogen-bond donors (Lipinski definition) is 2. The SMILES string of the molecule is O=C(N[C@@H]1CCC[C@H]1O)C1CCC1. The highest BCUT2D eigenvalue weighted by molar-refractivity contribution is 5.79. The van der Waals surface area contributed by atoms with Gasteiger partial charge < -0.3 is 10.4 Å². The van der Waals surface area contributed by atoms with E-state index in [1.807, 2.05) is 0 Å². The molecule has 2 saturated carbocycles. The van der Waals surface area contributed by atoms with Gasteiger partial charge >= 0.3 is 0 Å². The molecule has 3 heteroatoms. The highest BCUT2D eigenvalue weighted by Gasteiger charge is 2.31. The molecule has 0 aromatic heterocycles. The Balaban J connectivity index is 1.79. The molecule has 0 heterocycles. The minimum absolute atomic E-state index is 0.0353. The van der Waals surface area contributed by atoms with Crippen molar-refractivity contribution in [3.8, 4) is 0 Å². The molecule has 2 aliphatic rings. The number of carbonyl (C=O) groups excluding carboxylic acids is 1. The molecular weight excluding hydrogens is 166 g/mol. The zero-order chi connectivity index (χ0) is 9.26. The van der Waals surface area contributed by atoms with Crippen molar-refractivity contribution in [1.82, 2.24) is 5.32 Å². The summed E-state index contributed by atoms with van der Waals surface area (Å²) < 4.78 is 0. The average molecular weight is 183 g/mol. The van der Waals surface area contributed by atoms with Gasteiger partial charge in [0.2, 0.25) is 5.91 Å². The summed E-state index contributed by atoms with van der Waals surface area (Å²) in [6, 6.07) is 0.0353. The van der Waals surface area contributed by atoms with Gasteiger partial charge in [0.15, 0.2) is 0 Å². The first-order chi connectivity index (χ1) is 6.27. The molecule has 2 N–H and O–H groups in total. The van der Waals surface area contributed by atoms with Gasteiger partial charge in [0.1, 0.15) is 0 Å². The number of aliphatic hydroxyl groups is 1. The van der Waals surface area contributed by atoms with Crippen molar-refractivity contribution in [3.63, 3.8) is 0 Å². The van der Waals surface area contributed by atoms with Gasteiger partial charge in [-0.05, 0) is 32.1 Å². The molecule has 0 saturated heterocycles. The van der Waals surface area contributed by atoms with Gasteiger partial charge in [-0.15, -0.1) is 0 Å². The molecule has 0 spiro atoms. The van der Waals surface area contributed by atoms with Crippen molar-refractivity contribution >= 4 is 5.91 Å². The van der Waals surface area contributed by atoms with Gasteiger partial charge in [-0.25, -0.2) is 0 Å². The summed E-state index contributed by atoms with van der Waals surface area (Å²) >= 11 is 0. The van der Waals surface area contributed by atoms with Crippen molar-refractivity contribution in [2.24, 2.45) is 5.92 Å². The van der Waals surface area contributed by atoms with Crippen molar-refractivity contribution in [2.45, 2.75) is 50.7 Å². The van der Waals surface area contributed by atoms with E-state index < -0.39 is 0 Å². The van der Waals surface area contributed by atoms with E-state index in [0.29, 0.717) is 0 Å². The molecule has 2 rings (SSSR count). The maximum absolute atomic E-state index is 11.5. The topological polar surface area (TPSA) is 49.3 Å². The van der Waals surface area contributed by atoms with Gasteiger partial charge in [0.05, 0.1) is 12.1 Å². The van der Waals surface area contributed by atoms with Crippen molar-refractivity contribution in [2.75, 3.05) is 0 Å². The molecule has 0 aromatic rings. The molecule has 1 amide bonds. The fourth-order valence-electron chi connectivity index (χ4n) is 2.08. The van der Waals surface area contributed by atoms with E-state index in [1.165, 1.54) is 6.42 Å². The van der Waals surface area contributed by atoms with Gasteiger partial charge in [0, 0.05) is 5.92 Å². The standard InChI is InChI=1S/C10H17NO2/c12-9-6-2-5-8(9)11-10(13)7-3-1-4-7/h7-9,12H,1-6H2,(H,11,13)/t8-,9-/m1/s1. The Morgan fingerprint density at radius 3 is 2.31 bits per heavy atom. The maximum atomic E-state index is 11.5. The zero-order valence-electron chi connectivity index (χ0n) is 7.83. The third kappa shape index (κ3) is 1.85. The summed E-state index contributed by atoms with van der Waals surface area (Å²) in [6.45, 7) is 0. The van der Waals surface area contributed by atoms with E-state index in [0.717, 1.165) is 32.1 Å². The van der Waals surface area contributed by atoms with Crippen molar-refractivity contribution in [3.05, 3.63) is 0 Å². The lowest BCUT2D eigenvalue weighted by Gasteiger charge is -2.26. The second-order valence-electron chi connectivity index (χ2n) is 4.24. The Labute approximate surface area is 78.5 Å². The fourth-order valence-corrected chi connectivity index (χ4v) is 2.08. The van der Waals surface area contributed by atoms with Crippen LogP contribution in [-0.2, 0) is 4.79 Å². The first-order valence-corrected chi connectivity index (χ1v) is 5.26. The van der Waals surface area contributed by atoms with E-state index in [9.17, 15) is 9.90 Å². The molecule has 0 aromatic carbocycles. The molecule has 2 aliphatic carbocycles. The first-order valence-electron chi connectivity index (χ1n) is 5.26. The van der Waals surface area contributed by atoms with Crippen LogP contribution in [0.25, 0.3) is 0 Å². The lowest BCUT2D eigenvalue weighted by molar-refractivity contribution is -0.128. The first kappa shape index (κ1) is 9.00. The second kappa shape index (κ2) is 3.66. The summed E-state index contributed by atoms with van der Waals surface area (Å²) in [5.41, 5.74) is 0. The summed E-state index contributed by atoms with van der Waals surface area (Å²) in [6.07, 6.45) is 5.78. The molecule has 2 fully saturated rings. The molecule has 2 atom stereocenters. The average Bonchev–Trinajstić information content (AvgIpc) is 2.32. The van der Waals surface area contributed by atoms with E-state index in [2.05, 4.69) is 5.32 Å². The lowest BCUT2D eigenvalue weighted by atomic mass is 9.84. The van der Waals surface area contributed by atoms with E-state index >= 15 is 0 Å². The third-order valence-electron chi connectivity index (χ3n) is 3.28. The Morgan fingerprint density at radius 2 is 1.85 bits per heavy atom. The molecule has 0 unspecified atom stereocenters. The predicted octanol–water partition coefficient (Wildman–Crippen LogP) is 0.816. The van der Waals surface area contributed by atoms with Crippen LogP contribution in [0.5, 0.6) is 0 Å². The molecular formula is C10H17NO2. The number of rotatable bonds is 2. The minimum Gasteiger partial charge on any atom is -0.391 e. The van der Waals surface area contributed by atoms with Crippen molar-refractivity contribution in [1.29, 1.82) is 0 Å². The second-order valence-corrected chi connectivity index (χ2v) is 4.24. The fraction of sp³-hybridized carbons (Fsp3) is 0.900. The van der Waals surface area contributed by atoms with E-state index in [4.69, 9.17) is 0 Å². The lowest BCUT2D eigenvalue weighted by Crippen LogP contribution is -2.44. The van der Waals surface area contributed by atoms with Crippen LogP contribution in [0.1, 0.15) is 38.5 Å². The highest BCUT2D eigenvalue weighted by Crippen LogP contribution is 2.27. The molecule has 0 radical (unpaired) electrons. The Hall–Kier alpha value is -0.570. The largest absolute Gasteiger partial charge is 0.391 e. The maximum Gasteiger partial charge on any atom is 0.223 e. The summed E-state index contributed by atoms with van der Waals surface area (Å²) in [4.78, 5) is 11.5. The zero-order valence-corrected chi connectivity index (χ0v) is 7.83. The Bertz CT molecular complexity index is 201. The quantitative estimate of drug-likeness (QED) is 0.665. The summed E-state index contributed by atoms with van der Waals surface area (Å²) in [7, 11) is 0. The van der Waals surface area contributed by atoms with Gasteiger partial charge in [-0.3, -0.25) is 4.79 Å². The molecule has 0 aliphatic heterocycles. The molecule has 0 bridgehead atoms. The Kier molecular flexibility index (Phi) is 2.54. The van der Waals surface area contributed by atoms with E-state index in [1.54, 1.807) is 0 Å². The highest BCUT2D eigenvalue weighted by atomic mass is 16.3. The van der Waals surface area contributed by atoms with Crippen LogP contribution in [-0.4, -0.2) is 23.2 Å².